The SMILES string of the molecule is CCc1cc(CNCC(C)C)cc(OC2CCC2)n1. The van der Waals surface area contributed by atoms with Crippen LogP contribution < -0.4 is 10.1 Å². The van der Waals surface area contributed by atoms with Crippen molar-refractivity contribution in [2.45, 2.75) is 59.1 Å². The van der Waals surface area contributed by atoms with Gasteiger partial charge in [-0.2, -0.15) is 0 Å². The van der Waals surface area contributed by atoms with Gasteiger partial charge in [-0.05, 0) is 49.8 Å². The molecule has 0 amide bonds. The van der Waals surface area contributed by atoms with E-state index in [9.17, 15) is 0 Å². The standard InChI is InChI=1S/C16H26N2O/c1-4-14-8-13(11-17-10-12(2)3)9-16(18-14)19-15-6-5-7-15/h8-9,12,15,17H,4-7,10-11H2,1-3H3. The Morgan fingerprint density at radius 3 is 2.74 bits per heavy atom. The number of pyridine rings is 1. The first-order valence-corrected chi connectivity index (χ1v) is 7.54. The Kier molecular flexibility index (Phi) is 5.20. The highest BCUT2D eigenvalue weighted by Gasteiger charge is 2.19. The summed E-state index contributed by atoms with van der Waals surface area (Å²) in [6.45, 7) is 8.53. The summed E-state index contributed by atoms with van der Waals surface area (Å²) in [5.41, 5.74) is 2.40. The van der Waals surface area contributed by atoms with Crippen molar-refractivity contribution in [1.29, 1.82) is 0 Å². The van der Waals surface area contributed by atoms with Crippen molar-refractivity contribution in [1.82, 2.24) is 10.3 Å². The molecule has 106 valence electrons. The maximum atomic E-state index is 5.92. The Balaban J connectivity index is 1.97. The van der Waals surface area contributed by atoms with E-state index in [2.05, 4.69) is 43.2 Å². The minimum Gasteiger partial charge on any atom is -0.474 e. The van der Waals surface area contributed by atoms with Gasteiger partial charge < -0.3 is 10.1 Å². The first-order chi connectivity index (χ1) is 9.17. The van der Waals surface area contributed by atoms with Gasteiger partial charge in [0.1, 0.15) is 6.10 Å². The summed E-state index contributed by atoms with van der Waals surface area (Å²) < 4.78 is 5.92. The topological polar surface area (TPSA) is 34.1 Å². The minimum absolute atomic E-state index is 0.399. The molecule has 0 bridgehead atoms. The largest absolute Gasteiger partial charge is 0.474 e. The fourth-order valence-corrected chi connectivity index (χ4v) is 2.13. The van der Waals surface area contributed by atoms with Gasteiger partial charge in [-0.3, -0.25) is 0 Å². The van der Waals surface area contributed by atoms with Gasteiger partial charge in [-0.25, -0.2) is 4.98 Å². The average Bonchev–Trinajstić information content (AvgIpc) is 2.33. The van der Waals surface area contributed by atoms with Crippen LogP contribution in [-0.2, 0) is 13.0 Å². The summed E-state index contributed by atoms with van der Waals surface area (Å²) in [5, 5.41) is 3.48. The molecule has 3 nitrogen and oxygen atoms in total. The van der Waals surface area contributed by atoms with Gasteiger partial charge in [0.2, 0.25) is 5.88 Å². The molecule has 2 rings (SSSR count). The molecule has 1 fully saturated rings. The Bertz CT molecular complexity index is 400. The van der Waals surface area contributed by atoms with Crippen LogP contribution in [0.2, 0.25) is 0 Å². The molecule has 0 saturated heterocycles. The number of hydrogen-bond acceptors (Lipinski definition) is 3. The maximum absolute atomic E-state index is 5.92. The van der Waals surface area contributed by atoms with Crippen LogP contribution >= 0.6 is 0 Å². The van der Waals surface area contributed by atoms with E-state index in [0.29, 0.717) is 12.0 Å². The van der Waals surface area contributed by atoms with Crippen LogP contribution in [0.15, 0.2) is 12.1 Å². The lowest BCUT2D eigenvalue weighted by Crippen LogP contribution is -2.25. The summed E-state index contributed by atoms with van der Waals surface area (Å²) in [6, 6.07) is 4.27. The van der Waals surface area contributed by atoms with Gasteiger partial charge in [0.15, 0.2) is 0 Å². The lowest BCUT2D eigenvalue weighted by molar-refractivity contribution is 0.114. The minimum atomic E-state index is 0.399. The van der Waals surface area contributed by atoms with Crippen LogP contribution in [0.4, 0.5) is 0 Å². The monoisotopic (exact) mass is 262 g/mol. The predicted molar refractivity (Wildman–Crippen MR) is 78.4 cm³/mol. The summed E-state index contributed by atoms with van der Waals surface area (Å²) in [6.07, 6.45) is 5.01. The summed E-state index contributed by atoms with van der Waals surface area (Å²) in [4.78, 5) is 4.57. The number of rotatable bonds is 7. The fraction of sp³-hybridized carbons (Fsp3) is 0.688. The predicted octanol–water partition coefficient (Wildman–Crippen LogP) is 3.32. The van der Waals surface area contributed by atoms with Crippen LogP contribution in [-0.4, -0.2) is 17.6 Å². The van der Waals surface area contributed by atoms with Crippen LogP contribution in [0.3, 0.4) is 0 Å². The average molecular weight is 262 g/mol. The smallest absolute Gasteiger partial charge is 0.214 e. The van der Waals surface area contributed by atoms with Gasteiger partial charge in [-0.1, -0.05) is 20.8 Å². The third kappa shape index (κ3) is 4.50. The normalized spacial score (nSPS) is 15.6. The van der Waals surface area contributed by atoms with Crippen molar-refractivity contribution < 1.29 is 4.74 Å². The van der Waals surface area contributed by atoms with E-state index in [-0.39, 0.29) is 0 Å². The molecule has 3 heteroatoms. The number of aromatic nitrogens is 1. The Morgan fingerprint density at radius 2 is 2.16 bits per heavy atom. The highest BCUT2D eigenvalue weighted by Crippen LogP contribution is 2.25. The second-order valence-electron chi connectivity index (χ2n) is 5.85. The molecule has 0 atom stereocenters. The van der Waals surface area contributed by atoms with E-state index < -0.39 is 0 Å². The summed E-state index contributed by atoms with van der Waals surface area (Å²) >= 11 is 0. The zero-order valence-corrected chi connectivity index (χ0v) is 12.4. The van der Waals surface area contributed by atoms with E-state index in [4.69, 9.17) is 4.74 Å². The Morgan fingerprint density at radius 1 is 1.37 bits per heavy atom. The first kappa shape index (κ1) is 14.3. The quantitative estimate of drug-likeness (QED) is 0.818. The molecule has 1 N–H and O–H groups in total. The van der Waals surface area contributed by atoms with Crippen molar-refractivity contribution >= 4 is 0 Å². The van der Waals surface area contributed by atoms with E-state index in [1.807, 2.05) is 0 Å². The van der Waals surface area contributed by atoms with Gasteiger partial charge in [0, 0.05) is 18.3 Å². The van der Waals surface area contributed by atoms with Gasteiger partial charge in [-0.15, -0.1) is 0 Å². The van der Waals surface area contributed by atoms with Gasteiger partial charge >= 0.3 is 0 Å². The number of nitrogens with one attached hydrogen (secondary N) is 1. The molecule has 1 aromatic rings. The molecule has 1 saturated carbocycles. The molecule has 1 aliphatic carbocycles. The Hall–Kier alpha value is -1.09. The van der Waals surface area contributed by atoms with Crippen molar-refractivity contribution in [2.75, 3.05) is 6.54 Å². The van der Waals surface area contributed by atoms with Crippen LogP contribution in [0, 0.1) is 5.92 Å². The number of hydrogen-bond donors (Lipinski definition) is 1. The van der Waals surface area contributed by atoms with Crippen LogP contribution in [0.5, 0.6) is 5.88 Å². The van der Waals surface area contributed by atoms with E-state index in [0.717, 1.165) is 31.1 Å². The fourth-order valence-electron chi connectivity index (χ4n) is 2.13. The molecule has 1 aliphatic rings. The van der Waals surface area contributed by atoms with Gasteiger partial charge in [0.25, 0.3) is 0 Å². The van der Waals surface area contributed by atoms with Crippen molar-refractivity contribution in [3.8, 4) is 5.88 Å². The molecule has 0 radical (unpaired) electrons. The number of nitrogens with zero attached hydrogens (tertiary/aromatic N) is 1. The molecule has 1 heterocycles. The lowest BCUT2D eigenvalue weighted by Gasteiger charge is -2.26. The molecule has 0 spiro atoms. The summed E-state index contributed by atoms with van der Waals surface area (Å²) in [7, 11) is 0. The van der Waals surface area contributed by atoms with Crippen LogP contribution in [0.25, 0.3) is 0 Å². The second kappa shape index (κ2) is 6.90. The molecule has 19 heavy (non-hydrogen) atoms. The number of ether oxygens (including phenoxy) is 1. The molecular formula is C16H26N2O. The zero-order valence-electron chi connectivity index (χ0n) is 12.4. The van der Waals surface area contributed by atoms with Crippen LogP contribution in [0.1, 0.15) is 51.3 Å². The second-order valence-corrected chi connectivity index (χ2v) is 5.85. The van der Waals surface area contributed by atoms with Gasteiger partial charge in [0.05, 0.1) is 0 Å². The molecule has 0 aromatic carbocycles. The van der Waals surface area contributed by atoms with E-state index in [1.54, 1.807) is 0 Å². The van der Waals surface area contributed by atoms with Crippen molar-refractivity contribution in [3.05, 3.63) is 23.4 Å². The molecular weight excluding hydrogens is 236 g/mol. The van der Waals surface area contributed by atoms with E-state index >= 15 is 0 Å². The maximum Gasteiger partial charge on any atom is 0.214 e. The Labute approximate surface area is 116 Å². The molecule has 0 aliphatic heterocycles. The zero-order chi connectivity index (χ0) is 13.7. The van der Waals surface area contributed by atoms with Crippen molar-refractivity contribution in [3.63, 3.8) is 0 Å². The number of aryl methyl sites for hydroxylation is 1. The molecule has 1 aromatic heterocycles. The third-order valence-electron chi connectivity index (χ3n) is 3.50. The molecule has 0 unspecified atom stereocenters. The highest BCUT2D eigenvalue weighted by atomic mass is 16.5. The first-order valence-electron chi connectivity index (χ1n) is 7.54. The lowest BCUT2D eigenvalue weighted by atomic mass is 9.96. The third-order valence-corrected chi connectivity index (χ3v) is 3.50. The van der Waals surface area contributed by atoms with Crippen molar-refractivity contribution in [2.24, 2.45) is 5.92 Å². The van der Waals surface area contributed by atoms with E-state index in [1.165, 1.54) is 24.8 Å². The summed E-state index contributed by atoms with van der Waals surface area (Å²) in [5.74, 6) is 1.49. The highest BCUT2D eigenvalue weighted by molar-refractivity contribution is 5.25.